The van der Waals surface area contributed by atoms with E-state index in [1.54, 1.807) is 36.4 Å². The van der Waals surface area contributed by atoms with Gasteiger partial charge >= 0.3 is 0 Å². The van der Waals surface area contributed by atoms with Gasteiger partial charge < -0.3 is 14.8 Å². The van der Waals surface area contributed by atoms with Crippen LogP contribution in [0.15, 0.2) is 42.5 Å². The Hall–Kier alpha value is -3.95. The summed E-state index contributed by atoms with van der Waals surface area (Å²) < 4.78 is 10.7. The van der Waals surface area contributed by atoms with E-state index in [1.165, 1.54) is 7.11 Å². The SMILES string of the molecule is [C-]#[N+]c1ccc(C(C#N)NC(=O)CCc2ccc(OCC#C)c(OC)c2)cc1. The van der Waals surface area contributed by atoms with Gasteiger partial charge in [-0.15, -0.1) is 6.42 Å². The summed E-state index contributed by atoms with van der Waals surface area (Å²) in [5, 5.41) is 12.0. The number of methoxy groups -OCH3 is 1. The molecule has 6 heteroatoms. The van der Waals surface area contributed by atoms with Crippen molar-refractivity contribution in [3.05, 3.63) is 65.0 Å². The van der Waals surface area contributed by atoms with Crippen molar-refractivity contribution in [2.24, 2.45) is 0 Å². The molecule has 1 atom stereocenters. The van der Waals surface area contributed by atoms with Crippen LogP contribution >= 0.6 is 0 Å². The number of aryl methyl sites for hydroxylation is 1. The number of amides is 1. The predicted octanol–water partition coefficient (Wildman–Crippen LogP) is 3.57. The molecule has 2 aromatic carbocycles. The minimum absolute atomic E-state index is 0.143. The first-order valence-electron chi connectivity index (χ1n) is 8.50. The van der Waals surface area contributed by atoms with Crippen molar-refractivity contribution in [3.63, 3.8) is 0 Å². The summed E-state index contributed by atoms with van der Waals surface area (Å²) in [7, 11) is 1.53. The van der Waals surface area contributed by atoms with Crippen LogP contribution in [0.2, 0.25) is 0 Å². The fourth-order valence-electron chi connectivity index (χ4n) is 2.53. The van der Waals surface area contributed by atoms with Crippen LogP contribution in [-0.2, 0) is 11.2 Å². The van der Waals surface area contributed by atoms with Gasteiger partial charge in [0.05, 0.1) is 19.8 Å². The average molecular weight is 373 g/mol. The molecule has 6 nitrogen and oxygen atoms in total. The Kier molecular flexibility index (Phi) is 7.46. The van der Waals surface area contributed by atoms with Crippen LogP contribution in [0.5, 0.6) is 11.5 Å². The van der Waals surface area contributed by atoms with E-state index in [0.29, 0.717) is 29.2 Å². The highest BCUT2D eigenvalue weighted by molar-refractivity contribution is 5.77. The third kappa shape index (κ3) is 5.53. The quantitative estimate of drug-likeness (QED) is 0.567. The Morgan fingerprint density at radius 3 is 2.64 bits per heavy atom. The van der Waals surface area contributed by atoms with Crippen LogP contribution < -0.4 is 14.8 Å². The highest BCUT2D eigenvalue weighted by Crippen LogP contribution is 2.28. The van der Waals surface area contributed by atoms with Gasteiger partial charge in [0.1, 0.15) is 12.6 Å². The van der Waals surface area contributed by atoms with Gasteiger partial charge in [-0.25, -0.2) is 4.85 Å². The zero-order valence-corrected chi connectivity index (χ0v) is 15.4. The minimum atomic E-state index is -0.763. The molecule has 28 heavy (non-hydrogen) atoms. The number of ether oxygens (including phenoxy) is 2. The van der Waals surface area contributed by atoms with Crippen LogP contribution in [0.1, 0.15) is 23.6 Å². The van der Waals surface area contributed by atoms with Gasteiger partial charge in [0.2, 0.25) is 5.91 Å². The number of hydrogen-bond donors (Lipinski definition) is 1. The van der Waals surface area contributed by atoms with Crippen molar-refractivity contribution in [2.45, 2.75) is 18.9 Å². The summed E-state index contributed by atoms with van der Waals surface area (Å²) in [6.07, 6.45) is 5.88. The van der Waals surface area contributed by atoms with Gasteiger partial charge in [0.15, 0.2) is 17.2 Å². The van der Waals surface area contributed by atoms with Crippen LogP contribution in [0.25, 0.3) is 4.85 Å². The topological polar surface area (TPSA) is 75.7 Å². The highest BCUT2D eigenvalue weighted by atomic mass is 16.5. The third-order valence-electron chi connectivity index (χ3n) is 3.97. The number of carbonyl (C=O) groups is 1. The molecule has 1 unspecified atom stereocenters. The van der Waals surface area contributed by atoms with Gasteiger partial charge in [-0.3, -0.25) is 4.79 Å². The van der Waals surface area contributed by atoms with Crippen molar-refractivity contribution < 1.29 is 14.3 Å². The van der Waals surface area contributed by atoms with Crippen molar-refractivity contribution in [1.29, 1.82) is 5.26 Å². The molecule has 0 fully saturated rings. The van der Waals surface area contributed by atoms with Crippen molar-refractivity contribution in [1.82, 2.24) is 5.32 Å². The molecule has 0 aliphatic heterocycles. The van der Waals surface area contributed by atoms with E-state index in [1.807, 2.05) is 6.07 Å². The second kappa shape index (κ2) is 10.3. The van der Waals surface area contributed by atoms with E-state index in [0.717, 1.165) is 5.56 Å². The second-order valence-electron chi connectivity index (χ2n) is 5.81. The molecule has 0 aliphatic rings. The van der Waals surface area contributed by atoms with E-state index in [4.69, 9.17) is 22.5 Å². The fraction of sp³-hybridized carbons (Fsp3) is 0.227. The lowest BCUT2D eigenvalue weighted by molar-refractivity contribution is -0.121. The van der Waals surface area contributed by atoms with E-state index >= 15 is 0 Å². The molecule has 140 valence electrons. The number of rotatable bonds is 8. The number of hydrogen-bond acceptors (Lipinski definition) is 4. The molecule has 0 bridgehead atoms. The van der Waals surface area contributed by atoms with E-state index in [-0.39, 0.29) is 18.9 Å². The number of nitrogens with one attached hydrogen (secondary N) is 1. The summed E-state index contributed by atoms with van der Waals surface area (Å²) >= 11 is 0. The molecule has 1 N–H and O–H groups in total. The fourth-order valence-corrected chi connectivity index (χ4v) is 2.53. The smallest absolute Gasteiger partial charge is 0.221 e. The van der Waals surface area contributed by atoms with Crippen LogP contribution in [0.4, 0.5) is 5.69 Å². The maximum atomic E-state index is 12.3. The molecule has 0 spiro atoms. The summed E-state index contributed by atoms with van der Waals surface area (Å²) in [6.45, 7) is 7.10. The number of nitriles is 1. The molecule has 2 aromatic rings. The van der Waals surface area contributed by atoms with Gasteiger partial charge in [-0.1, -0.05) is 36.3 Å². The lowest BCUT2D eigenvalue weighted by atomic mass is 10.1. The van der Waals surface area contributed by atoms with Crippen molar-refractivity contribution in [2.75, 3.05) is 13.7 Å². The average Bonchev–Trinajstić information content (AvgIpc) is 2.74. The second-order valence-corrected chi connectivity index (χ2v) is 5.81. The third-order valence-corrected chi connectivity index (χ3v) is 3.97. The Morgan fingerprint density at radius 2 is 2.04 bits per heavy atom. The first-order chi connectivity index (χ1) is 13.6. The molecule has 0 aromatic heterocycles. The van der Waals surface area contributed by atoms with Crippen molar-refractivity contribution in [3.8, 4) is 29.9 Å². The van der Waals surface area contributed by atoms with E-state index < -0.39 is 6.04 Å². The van der Waals surface area contributed by atoms with Gasteiger partial charge in [0.25, 0.3) is 0 Å². The van der Waals surface area contributed by atoms with Gasteiger partial charge in [-0.2, -0.15) is 5.26 Å². The standard InChI is InChI=1S/C22H19N3O3/c1-4-13-28-20-11-5-16(14-21(20)27-3)6-12-22(26)25-19(15-23)17-7-9-18(24-2)10-8-17/h1,5,7-11,14,19H,6,12-13H2,3H3,(H,25,26). The Bertz CT molecular complexity index is 947. The maximum absolute atomic E-state index is 12.3. The molecular weight excluding hydrogens is 354 g/mol. The summed E-state index contributed by atoms with van der Waals surface area (Å²) in [5.41, 5.74) is 2.02. The normalized spacial score (nSPS) is 10.6. The molecule has 0 saturated heterocycles. The number of benzene rings is 2. The van der Waals surface area contributed by atoms with Crippen LogP contribution in [-0.4, -0.2) is 19.6 Å². The highest BCUT2D eigenvalue weighted by Gasteiger charge is 2.14. The largest absolute Gasteiger partial charge is 0.493 e. The Balaban J connectivity index is 1.96. The first kappa shape index (κ1) is 20.4. The maximum Gasteiger partial charge on any atom is 0.221 e. The molecule has 0 aliphatic carbocycles. The first-order valence-corrected chi connectivity index (χ1v) is 8.50. The number of carbonyl (C=O) groups excluding carboxylic acids is 1. The molecule has 2 rings (SSSR count). The summed E-state index contributed by atoms with van der Waals surface area (Å²) in [6, 6.07) is 13.3. The monoisotopic (exact) mass is 373 g/mol. The number of nitrogens with zero attached hydrogens (tertiary/aromatic N) is 2. The molecule has 1 amide bonds. The zero-order chi connectivity index (χ0) is 20.4. The van der Waals surface area contributed by atoms with Gasteiger partial charge in [0, 0.05) is 6.42 Å². The minimum Gasteiger partial charge on any atom is -0.493 e. The lowest BCUT2D eigenvalue weighted by Crippen LogP contribution is -2.27. The van der Waals surface area contributed by atoms with E-state index in [9.17, 15) is 10.1 Å². The predicted molar refractivity (Wildman–Crippen MR) is 105 cm³/mol. The molecule has 0 saturated carbocycles. The molecular formula is C22H19N3O3. The number of terminal acetylenes is 1. The van der Waals surface area contributed by atoms with Crippen molar-refractivity contribution >= 4 is 11.6 Å². The van der Waals surface area contributed by atoms with Gasteiger partial charge in [-0.05, 0) is 29.7 Å². The molecule has 0 heterocycles. The van der Waals surface area contributed by atoms with Crippen LogP contribution in [0, 0.1) is 30.2 Å². The molecule has 0 radical (unpaired) electrons. The Labute approximate surface area is 164 Å². The Morgan fingerprint density at radius 1 is 1.29 bits per heavy atom. The summed E-state index contributed by atoms with van der Waals surface area (Å²) in [5.74, 6) is 3.24. The zero-order valence-electron chi connectivity index (χ0n) is 15.4. The lowest BCUT2D eigenvalue weighted by Gasteiger charge is -2.13. The summed E-state index contributed by atoms with van der Waals surface area (Å²) in [4.78, 5) is 15.6. The van der Waals surface area contributed by atoms with E-state index in [2.05, 4.69) is 22.2 Å². The van der Waals surface area contributed by atoms with Crippen LogP contribution in [0.3, 0.4) is 0 Å².